The van der Waals surface area contributed by atoms with Gasteiger partial charge in [0.2, 0.25) is 0 Å². The highest BCUT2D eigenvalue weighted by atomic mass is 35.5. The molecule has 1 unspecified atom stereocenters. The highest BCUT2D eigenvalue weighted by Gasteiger charge is 2.40. The molecule has 0 N–H and O–H groups in total. The minimum absolute atomic E-state index is 0.0172. The van der Waals surface area contributed by atoms with Gasteiger partial charge < -0.3 is 9.47 Å². The van der Waals surface area contributed by atoms with Crippen LogP contribution in [0.3, 0.4) is 0 Å². The molecule has 0 radical (unpaired) electrons. The van der Waals surface area contributed by atoms with E-state index in [1.807, 2.05) is 4.68 Å². The standard InChI is InChI=1S/C12H18ClN3O2/c13-8-11-14-9-15-16(11)10-1-4-18-12(7-10)2-5-17-6-3-12/h9-10H,1-8H2. The molecule has 0 amide bonds. The van der Waals surface area contributed by atoms with Crippen molar-refractivity contribution < 1.29 is 9.47 Å². The SMILES string of the molecule is ClCc1ncnn1C1CCOC2(CCOCC2)C1. The zero-order chi connectivity index (χ0) is 12.4. The van der Waals surface area contributed by atoms with Crippen LogP contribution in [0.1, 0.15) is 37.5 Å². The number of hydrogen-bond acceptors (Lipinski definition) is 4. The summed E-state index contributed by atoms with van der Waals surface area (Å²) in [6.45, 7) is 2.38. The van der Waals surface area contributed by atoms with Crippen molar-refractivity contribution in [2.24, 2.45) is 0 Å². The second kappa shape index (κ2) is 5.15. The van der Waals surface area contributed by atoms with E-state index in [4.69, 9.17) is 21.1 Å². The number of nitrogens with zero attached hydrogens (tertiary/aromatic N) is 3. The number of halogens is 1. The van der Waals surface area contributed by atoms with Crippen molar-refractivity contribution in [2.45, 2.75) is 43.2 Å². The van der Waals surface area contributed by atoms with E-state index < -0.39 is 0 Å². The second-order valence-corrected chi connectivity index (χ2v) is 5.31. The summed E-state index contributed by atoms with van der Waals surface area (Å²) in [5.74, 6) is 1.26. The number of ether oxygens (including phenoxy) is 2. The smallest absolute Gasteiger partial charge is 0.142 e. The zero-order valence-corrected chi connectivity index (χ0v) is 11.1. The predicted octanol–water partition coefficient (Wildman–Crippen LogP) is 1.92. The fraction of sp³-hybridized carbons (Fsp3) is 0.833. The third-order valence-electron chi connectivity index (χ3n) is 3.98. The van der Waals surface area contributed by atoms with Gasteiger partial charge in [0, 0.05) is 19.8 Å². The van der Waals surface area contributed by atoms with E-state index in [0.717, 1.165) is 51.3 Å². The molecule has 1 atom stereocenters. The lowest BCUT2D eigenvalue weighted by atomic mass is 9.84. The summed E-state index contributed by atoms with van der Waals surface area (Å²) >= 11 is 5.90. The largest absolute Gasteiger partial charge is 0.381 e. The van der Waals surface area contributed by atoms with Crippen molar-refractivity contribution >= 4 is 11.6 Å². The summed E-state index contributed by atoms with van der Waals surface area (Å²) in [5.41, 5.74) is -0.0172. The topological polar surface area (TPSA) is 49.2 Å². The Hall–Kier alpha value is -0.650. The third kappa shape index (κ3) is 2.27. The average molecular weight is 272 g/mol. The first-order valence-corrected chi connectivity index (χ1v) is 7.02. The second-order valence-electron chi connectivity index (χ2n) is 5.04. The fourth-order valence-electron chi connectivity index (χ4n) is 2.98. The Kier molecular flexibility index (Phi) is 3.54. The molecule has 1 aromatic heterocycles. The molecule has 5 nitrogen and oxygen atoms in total. The van der Waals surface area contributed by atoms with Crippen LogP contribution in [0.2, 0.25) is 0 Å². The van der Waals surface area contributed by atoms with Gasteiger partial charge >= 0.3 is 0 Å². The molecule has 1 aromatic rings. The number of alkyl halides is 1. The van der Waals surface area contributed by atoms with Gasteiger partial charge in [0.1, 0.15) is 12.2 Å². The molecule has 6 heteroatoms. The van der Waals surface area contributed by atoms with Crippen molar-refractivity contribution in [3.05, 3.63) is 12.2 Å². The van der Waals surface area contributed by atoms with Crippen molar-refractivity contribution in [3.8, 4) is 0 Å². The lowest BCUT2D eigenvalue weighted by Crippen LogP contribution is -2.45. The molecule has 2 aliphatic rings. The average Bonchev–Trinajstić information content (AvgIpc) is 2.88. The van der Waals surface area contributed by atoms with Crippen molar-refractivity contribution in [2.75, 3.05) is 19.8 Å². The van der Waals surface area contributed by atoms with Crippen LogP contribution >= 0.6 is 11.6 Å². The van der Waals surface area contributed by atoms with Gasteiger partial charge in [0.05, 0.1) is 17.5 Å². The monoisotopic (exact) mass is 271 g/mol. The number of rotatable bonds is 2. The van der Waals surface area contributed by atoms with Crippen LogP contribution in [-0.2, 0) is 15.4 Å². The van der Waals surface area contributed by atoms with Crippen LogP contribution in [0.25, 0.3) is 0 Å². The summed E-state index contributed by atoms with van der Waals surface area (Å²) in [7, 11) is 0. The van der Waals surface area contributed by atoms with Crippen LogP contribution in [0.4, 0.5) is 0 Å². The molecule has 100 valence electrons. The van der Waals surface area contributed by atoms with E-state index in [1.165, 1.54) is 0 Å². The minimum Gasteiger partial charge on any atom is -0.381 e. The Labute approximate surface area is 111 Å². The van der Waals surface area contributed by atoms with Crippen molar-refractivity contribution in [3.63, 3.8) is 0 Å². The number of hydrogen-bond donors (Lipinski definition) is 0. The first kappa shape index (κ1) is 12.4. The van der Waals surface area contributed by atoms with Gasteiger partial charge in [-0.1, -0.05) is 0 Å². The third-order valence-corrected chi connectivity index (χ3v) is 4.22. The fourth-order valence-corrected chi connectivity index (χ4v) is 3.17. The molecule has 0 aromatic carbocycles. The molecular weight excluding hydrogens is 254 g/mol. The van der Waals surface area contributed by atoms with Crippen LogP contribution < -0.4 is 0 Å². The Morgan fingerprint density at radius 1 is 1.39 bits per heavy atom. The summed E-state index contributed by atoms with van der Waals surface area (Å²) in [6.07, 6.45) is 5.52. The molecule has 2 saturated heterocycles. The Balaban J connectivity index is 1.77. The molecule has 0 bridgehead atoms. The van der Waals surface area contributed by atoms with Crippen LogP contribution in [0.15, 0.2) is 6.33 Å². The molecule has 18 heavy (non-hydrogen) atoms. The maximum Gasteiger partial charge on any atom is 0.142 e. The molecule has 3 rings (SSSR count). The van der Waals surface area contributed by atoms with Crippen LogP contribution in [-0.4, -0.2) is 40.2 Å². The van der Waals surface area contributed by atoms with E-state index in [1.54, 1.807) is 6.33 Å². The lowest BCUT2D eigenvalue weighted by Gasteiger charge is -2.43. The van der Waals surface area contributed by atoms with E-state index in [0.29, 0.717) is 11.9 Å². The van der Waals surface area contributed by atoms with Gasteiger partial charge in [-0.2, -0.15) is 5.10 Å². The highest BCUT2D eigenvalue weighted by Crippen LogP contribution is 2.39. The van der Waals surface area contributed by atoms with Gasteiger partial charge in [-0.15, -0.1) is 11.6 Å². The summed E-state index contributed by atoms with van der Waals surface area (Å²) in [5, 5.41) is 4.32. The van der Waals surface area contributed by atoms with E-state index in [-0.39, 0.29) is 5.60 Å². The molecule has 0 aliphatic carbocycles. The highest BCUT2D eigenvalue weighted by molar-refractivity contribution is 6.16. The van der Waals surface area contributed by atoms with E-state index in [9.17, 15) is 0 Å². The van der Waals surface area contributed by atoms with Crippen molar-refractivity contribution in [1.82, 2.24) is 14.8 Å². The summed E-state index contributed by atoms with van der Waals surface area (Å²) in [6, 6.07) is 0.355. The van der Waals surface area contributed by atoms with E-state index >= 15 is 0 Å². The zero-order valence-electron chi connectivity index (χ0n) is 10.3. The molecule has 3 heterocycles. The van der Waals surface area contributed by atoms with Gasteiger partial charge in [-0.3, -0.25) is 0 Å². The summed E-state index contributed by atoms with van der Waals surface area (Å²) in [4.78, 5) is 4.20. The quantitative estimate of drug-likeness (QED) is 0.771. The van der Waals surface area contributed by atoms with Gasteiger partial charge in [-0.25, -0.2) is 9.67 Å². The molecule has 2 aliphatic heterocycles. The maximum atomic E-state index is 6.03. The molecule has 0 saturated carbocycles. The normalized spacial score (nSPS) is 27.5. The predicted molar refractivity (Wildman–Crippen MR) is 66.6 cm³/mol. The first-order chi connectivity index (χ1) is 8.83. The Morgan fingerprint density at radius 3 is 3.00 bits per heavy atom. The Morgan fingerprint density at radius 2 is 2.22 bits per heavy atom. The first-order valence-electron chi connectivity index (χ1n) is 6.49. The van der Waals surface area contributed by atoms with E-state index in [2.05, 4.69) is 10.1 Å². The van der Waals surface area contributed by atoms with Crippen LogP contribution in [0.5, 0.6) is 0 Å². The minimum atomic E-state index is -0.0172. The van der Waals surface area contributed by atoms with Gasteiger partial charge in [-0.05, 0) is 25.7 Å². The molecule has 1 spiro atoms. The molecule has 2 fully saturated rings. The van der Waals surface area contributed by atoms with Gasteiger partial charge in [0.15, 0.2) is 0 Å². The molecular formula is C12H18ClN3O2. The van der Waals surface area contributed by atoms with Gasteiger partial charge in [0.25, 0.3) is 0 Å². The van der Waals surface area contributed by atoms with Crippen LogP contribution in [0, 0.1) is 0 Å². The number of aromatic nitrogens is 3. The lowest BCUT2D eigenvalue weighted by molar-refractivity contribution is -0.145. The summed E-state index contributed by atoms with van der Waals surface area (Å²) < 4.78 is 13.4. The van der Waals surface area contributed by atoms with Crippen molar-refractivity contribution in [1.29, 1.82) is 0 Å². The Bertz CT molecular complexity index is 398. The maximum absolute atomic E-state index is 6.03.